The number of amides is 2. The second-order valence-electron chi connectivity index (χ2n) is 8.29. The van der Waals surface area contributed by atoms with E-state index in [-0.39, 0.29) is 23.9 Å². The fraction of sp³-hybridized carbons (Fsp3) is 0.280. The summed E-state index contributed by atoms with van der Waals surface area (Å²) in [5, 5.41) is 2.04. The number of carbonyl (C=O) groups is 2. The Morgan fingerprint density at radius 3 is 2.61 bits per heavy atom. The van der Waals surface area contributed by atoms with Crippen LogP contribution in [0, 0.1) is 11.2 Å². The Bertz CT molecular complexity index is 1100. The molecule has 3 aromatic rings. The van der Waals surface area contributed by atoms with Gasteiger partial charge in [-0.1, -0.05) is 42.5 Å². The van der Waals surface area contributed by atoms with Crippen molar-refractivity contribution >= 4 is 23.2 Å². The standard InChI is InChI=1S/C25H25FN2O2S/c1-27(2)24(30)25(16-18-7-5-8-19(15-18)22-11-6-14-31-22)12-13-28(17-25)23(29)20-9-3-4-10-21(20)26/h3-11,14-15H,12-13,16-17H2,1-2H3/t25-/m1/s1. The van der Waals surface area contributed by atoms with Crippen molar-refractivity contribution in [2.24, 2.45) is 5.41 Å². The van der Waals surface area contributed by atoms with E-state index in [1.54, 1.807) is 47.4 Å². The quantitative estimate of drug-likeness (QED) is 0.581. The van der Waals surface area contributed by atoms with E-state index in [1.807, 2.05) is 23.6 Å². The van der Waals surface area contributed by atoms with E-state index in [2.05, 4.69) is 18.2 Å². The molecule has 160 valence electrons. The largest absolute Gasteiger partial charge is 0.348 e. The van der Waals surface area contributed by atoms with Crippen molar-refractivity contribution in [1.29, 1.82) is 0 Å². The topological polar surface area (TPSA) is 40.6 Å². The summed E-state index contributed by atoms with van der Waals surface area (Å²) in [5.74, 6) is -0.899. The molecule has 0 bridgehead atoms. The predicted molar refractivity (Wildman–Crippen MR) is 122 cm³/mol. The van der Waals surface area contributed by atoms with Crippen molar-refractivity contribution in [3.05, 3.63) is 83.0 Å². The molecule has 1 aliphatic heterocycles. The molecular weight excluding hydrogens is 411 g/mol. The van der Waals surface area contributed by atoms with Gasteiger partial charge in [-0.2, -0.15) is 0 Å². The molecule has 0 N–H and O–H groups in total. The van der Waals surface area contributed by atoms with Crippen LogP contribution in [0.1, 0.15) is 22.3 Å². The first-order valence-electron chi connectivity index (χ1n) is 10.3. The zero-order chi connectivity index (χ0) is 22.0. The first kappa shape index (κ1) is 21.2. The van der Waals surface area contributed by atoms with E-state index < -0.39 is 11.2 Å². The minimum atomic E-state index is -0.724. The van der Waals surface area contributed by atoms with Gasteiger partial charge in [0.1, 0.15) is 5.82 Å². The SMILES string of the molecule is CN(C)C(=O)[C@@]1(Cc2cccc(-c3cccs3)c2)CCN(C(=O)c2ccccc2F)C1. The maximum Gasteiger partial charge on any atom is 0.256 e. The lowest BCUT2D eigenvalue weighted by Gasteiger charge is -2.31. The fourth-order valence-electron chi connectivity index (χ4n) is 4.39. The lowest BCUT2D eigenvalue weighted by atomic mass is 9.79. The molecule has 0 spiro atoms. The number of nitrogens with zero attached hydrogens (tertiary/aromatic N) is 2. The fourth-order valence-corrected chi connectivity index (χ4v) is 5.11. The van der Waals surface area contributed by atoms with Crippen molar-refractivity contribution < 1.29 is 14.0 Å². The molecule has 1 aliphatic rings. The Labute approximate surface area is 185 Å². The van der Waals surface area contributed by atoms with Gasteiger partial charge in [0.15, 0.2) is 0 Å². The van der Waals surface area contributed by atoms with E-state index in [1.165, 1.54) is 17.0 Å². The number of hydrogen-bond acceptors (Lipinski definition) is 3. The Hall–Kier alpha value is -2.99. The van der Waals surface area contributed by atoms with Crippen LogP contribution in [0.3, 0.4) is 0 Å². The van der Waals surface area contributed by atoms with Gasteiger partial charge in [0.25, 0.3) is 5.91 Å². The molecule has 0 aliphatic carbocycles. The number of rotatable bonds is 5. The predicted octanol–water partition coefficient (Wildman–Crippen LogP) is 4.72. The van der Waals surface area contributed by atoms with Crippen molar-refractivity contribution in [2.75, 3.05) is 27.2 Å². The van der Waals surface area contributed by atoms with Crippen LogP contribution in [0.5, 0.6) is 0 Å². The smallest absolute Gasteiger partial charge is 0.256 e. The average Bonchev–Trinajstić information content (AvgIpc) is 3.44. The zero-order valence-electron chi connectivity index (χ0n) is 17.7. The first-order valence-corrected chi connectivity index (χ1v) is 11.2. The van der Waals surface area contributed by atoms with Gasteiger partial charge in [-0.3, -0.25) is 9.59 Å². The van der Waals surface area contributed by atoms with Gasteiger partial charge < -0.3 is 9.80 Å². The van der Waals surface area contributed by atoms with Crippen LogP contribution >= 0.6 is 11.3 Å². The van der Waals surface area contributed by atoms with Gasteiger partial charge in [-0.15, -0.1) is 11.3 Å². The molecule has 4 rings (SSSR count). The van der Waals surface area contributed by atoms with Crippen molar-refractivity contribution in [1.82, 2.24) is 9.80 Å². The maximum atomic E-state index is 14.2. The third-order valence-electron chi connectivity index (χ3n) is 5.88. The van der Waals surface area contributed by atoms with E-state index in [9.17, 15) is 14.0 Å². The monoisotopic (exact) mass is 436 g/mol. The molecule has 6 heteroatoms. The van der Waals surface area contributed by atoms with Crippen LogP contribution in [0.2, 0.25) is 0 Å². The minimum absolute atomic E-state index is 0.00198. The number of thiophene rings is 1. The van der Waals surface area contributed by atoms with Gasteiger partial charge in [0.2, 0.25) is 5.91 Å². The normalized spacial score (nSPS) is 18.2. The summed E-state index contributed by atoms with van der Waals surface area (Å²) in [6, 6.07) is 18.3. The number of benzene rings is 2. The van der Waals surface area contributed by atoms with Crippen LogP contribution in [0.25, 0.3) is 10.4 Å². The number of hydrogen-bond donors (Lipinski definition) is 0. The van der Waals surface area contributed by atoms with Gasteiger partial charge in [-0.05, 0) is 47.5 Å². The minimum Gasteiger partial charge on any atom is -0.348 e. The summed E-state index contributed by atoms with van der Waals surface area (Å²) in [6.07, 6.45) is 1.08. The Kier molecular flexibility index (Phi) is 5.92. The summed E-state index contributed by atoms with van der Waals surface area (Å²) in [4.78, 5) is 30.6. The molecule has 2 heterocycles. The van der Waals surface area contributed by atoms with Crippen LogP contribution in [0.4, 0.5) is 4.39 Å². The van der Waals surface area contributed by atoms with Crippen LogP contribution in [-0.4, -0.2) is 48.8 Å². The highest BCUT2D eigenvalue weighted by atomic mass is 32.1. The highest BCUT2D eigenvalue weighted by Gasteiger charge is 2.47. The van der Waals surface area contributed by atoms with Gasteiger partial charge in [-0.25, -0.2) is 4.39 Å². The molecule has 0 unspecified atom stereocenters. The molecule has 1 saturated heterocycles. The highest BCUT2D eigenvalue weighted by molar-refractivity contribution is 7.13. The van der Waals surface area contributed by atoms with Crippen molar-refractivity contribution in [2.45, 2.75) is 12.8 Å². The second kappa shape index (κ2) is 8.63. The molecule has 4 nitrogen and oxygen atoms in total. The molecule has 1 fully saturated rings. The molecule has 2 aromatic carbocycles. The molecule has 1 atom stereocenters. The average molecular weight is 437 g/mol. The number of likely N-dealkylation sites (tertiary alicyclic amines) is 1. The van der Waals surface area contributed by atoms with Gasteiger partial charge in [0, 0.05) is 32.1 Å². The third-order valence-corrected chi connectivity index (χ3v) is 6.80. The number of carbonyl (C=O) groups excluding carboxylic acids is 2. The first-order chi connectivity index (χ1) is 14.9. The number of halogens is 1. The van der Waals surface area contributed by atoms with E-state index in [0.717, 1.165) is 11.1 Å². The lowest BCUT2D eigenvalue weighted by molar-refractivity contribution is -0.138. The zero-order valence-corrected chi connectivity index (χ0v) is 18.5. The molecule has 2 amide bonds. The summed E-state index contributed by atoms with van der Waals surface area (Å²) < 4.78 is 14.2. The highest BCUT2D eigenvalue weighted by Crippen LogP contribution is 2.38. The van der Waals surface area contributed by atoms with Gasteiger partial charge >= 0.3 is 0 Å². The molecule has 31 heavy (non-hydrogen) atoms. The summed E-state index contributed by atoms with van der Waals surface area (Å²) in [5.41, 5.74) is 1.51. The van der Waals surface area contributed by atoms with E-state index >= 15 is 0 Å². The van der Waals surface area contributed by atoms with E-state index in [4.69, 9.17) is 0 Å². The summed E-state index contributed by atoms with van der Waals surface area (Å²) >= 11 is 1.68. The van der Waals surface area contributed by atoms with E-state index in [0.29, 0.717) is 19.4 Å². The van der Waals surface area contributed by atoms with Crippen LogP contribution in [-0.2, 0) is 11.2 Å². The van der Waals surface area contributed by atoms with Crippen molar-refractivity contribution in [3.63, 3.8) is 0 Å². The molecule has 1 aromatic heterocycles. The lowest BCUT2D eigenvalue weighted by Crippen LogP contribution is -2.44. The Morgan fingerprint density at radius 1 is 1.10 bits per heavy atom. The van der Waals surface area contributed by atoms with Crippen LogP contribution < -0.4 is 0 Å². The van der Waals surface area contributed by atoms with Gasteiger partial charge in [0.05, 0.1) is 11.0 Å². The molecule has 0 saturated carbocycles. The van der Waals surface area contributed by atoms with Crippen molar-refractivity contribution in [3.8, 4) is 10.4 Å². The molecule has 0 radical (unpaired) electrons. The molecular formula is C25H25FN2O2S. The summed E-state index contributed by atoms with van der Waals surface area (Å²) in [6.45, 7) is 0.706. The Balaban J connectivity index is 1.62. The maximum absolute atomic E-state index is 14.2. The summed E-state index contributed by atoms with van der Waals surface area (Å²) in [7, 11) is 3.49. The Morgan fingerprint density at radius 2 is 1.90 bits per heavy atom. The van der Waals surface area contributed by atoms with Crippen LogP contribution in [0.15, 0.2) is 66.0 Å². The third kappa shape index (κ3) is 4.26. The second-order valence-corrected chi connectivity index (χ2v) is 9.24.